The molecule has 1 aliphatic carbocycles. The van der Waals surface area contributed by atoms with Gasteiger partial charge >= 0.3 is 0 Å². The van der Waals surface area contributed by atoms with Gasteiger partial charge in [0.1, 0.15) is 0 Å². The second kappa shape index (κ2) is 6.73. The number of carbonyl (C=O) groups excluding carboxylic acids is 1. The SMILES string of the molecule is O=C(NO)c1cnc2c(c1)CCN(C1CC(CCCO)C1)C2. The van der Waals surface area contributed by atoms with Crippen LogP contribution in [0.2, 0.25) is 0 Å². The summed E-state index contributed by atoms with van der Waals surface area (Å²) in [7, 11) is 0. The molecule has 22 heavy (non-hydrogen) atoms. The van der Waals surface area contributed by atoms with Crippen LogP contribution in [0, 0.1) is 5.92 Å². The van der Waals surface area contributed by atoms with Gasteiger partial charge in [-0.1, -0.05) is 0 Å². The van der Waals surface area contributed by atoms with Gasteiger partial charge in [0.25, 0.3) is 5.91 Å². The van der Waals surface area contributed by atoms with Crippen molar-refractivity contribution in [2.75, 3.05) is 13.2 Å². The standard InChI is InChI=1S/C16H23N3O3/c20-5-1-2-11-6-14(7-11)19-4-3-12-8-13(16(21)18-22)9-17-15(12)10-19/h8-9,11,14,20,22H,1-7,10H2,(H,18,21). The van der Waals surface area contributed by atoms with E-state index in [-0.39, 0.29) is 0 Å². The van der Waals surface area contributed by atoms with Crippen molar-refractivity contribution in [2.24, 2.45) is 5.92 Å². The van der Waals surface area contributed by atoms with E-state index in [0.717, 1.165) is 49.5 Å². The Bertz CT molecular complexity index is 543. The van der Waals surface area contributed by atoms with E-state index >= 15 is 0 Å². The lowest BCUT2D eigenvalue weighted by Crippen LogP contribution is -2.47. The largest absolute Gasteiger partial charge is 0.396 e. The number of aromatic nitrogens is 1. The van der Waals surface area contributed by atoms with E-state index in [1.54, 1.807) is 5.48 Å². The smallest absolute Gasteiger partial charge is 0.276 e. The molecule has 2 aliphatic rings. The predicted octanol–water partition coefficient (Wildman–Crippen LogP) is 1.11. The molecule has 6 heteroatoms. The molecule has 0 atom stereocenters. The van der Waals surface area contributed by atoms with Crippen LogP contribution in [0.3, 0.4) is 0 Å². The van der Waals surface area contributed by atoms with Crippen LogP contribution in [0.5, 0.6) is 0 Å². The third-order valence-electron chi connectivity index (χ3n) is 4.94. The molecule has 1 aromatic heterocycles. The van der Waals surface area contributed by atoms with Crippen LogP contribution in [0.4, 0.5) is 0 Å². The first-order chi connectivity index (χ1) is 10.7. The molecule has 2 heterocycles. The van der Waals surface area contributed by atoms with E-state index in [2.05, 4.69) is 9.88 Å². The lowest BCUT2D eigenvalue weighted by molar-refractivity contribution is 0.0585. The minimum atomic E-state index is -0.511. The van der Waals surface area contributed by atoms with Crippen LogP contribution in [0.25, 0.3) is 0 Å². The number of nitrogens with one attached hydrogen (secondary N) is 1. The van der Waals surface area contributed by atoms with Gasteiger partial charge in [-0.2, -0.15) is 0 Å². The Morgan fingerprint density at radius 3 is 3.00 bits per heavy atom. The zero-order valence-electron chi connectivity index (χ0n) is 12.7. The topological polar surface area (TPSA) is 85.7 Å². The van der Waals surface area contributed by atoms with E-state index in [0.29, 0.717) is 18.2 Å². The number of aliphatic hydroxyl groups excluding tert-OH is 1. The van der Waals surface area contributed by atoms with Crippen LogP contribution in [-0.2, 0) is 13.0 Å². The van der Waals surface area contributed by atoms with Gasteiger partial charge in [0.2, 0.25) is 0 Å². The van der Waals surface area contributed by atoms with Crippen LogP contribution in [-0.4, -0.2) is 45.3 Å². The summed E-state index contributed by atoms with van der Waals surface area (Å²) in [6.07, 6.45) is 6.92. The highest BCUT2D eigenvalue weighted by Crippen LogP contribution is 2.36. The minimum Gasteiger partial charge on any atom is -0.396 e. The summed E-state index contributed by atoms with van der Waals surface area (Å²) in [4.78, 5) is 18.3. The molecule has 0 radical (unpaired) electrons. The molecule has 0 bridgehead atoms. The molecule has 0 unspecified atom stereocenters. The summed E-state index contributed by atoms with van der Waals surface area (Å²) in [6, 6.07) is 2.47. The highest BCUT2D eigenvalue weighted by molar-refractivity contribution is 5.93. The average molecular weight is 305 g/mol. The predicted molar refractivity (Wildman–Crippen MR) is 80.4 cm³/mol. The third kappa shape index (κ3) is 3.14. The Balaban J connectivity index is 1.57. The van der Waals surface area contributed by atoms with Crippen molar-refractivity contribution in [2.45, 2.75) is 44.7 Å². The molecular weight excluding hydrogens is 282 g/mol. The summed E-state index contributed by atoms with van der Waals surface area (Å²) < 4.78 is 0. The first-order valence-corrected chi connectivity index (χ1v) is 7.98. The molecule has 0 saturated heterocycles. The van der Waals surface area contributed by atoms with Crippen LogP contribution in [0.1, 0.15) is 47.3 Å². The number of hydrogen-bond acceptors (Lipinski definition) is 5. The van der Waals surface area contributed by atoms with Gasteiger partial charge in [0.15, 0.2) is 0 Å². The normalized spacial score (nSPS) is 24.5. The third-order valence-corrected chi connectivity index (χ3v) is 4.94. The summed E-state index contributed by atoms with van der Waals surface area (Å²) in [6.45, 7) is 2.13. The van der Waals surface area contributed by atoms with Crippen molar-refractivity contribution in [1.82, 2.24) is 15.4 Å². The number of hydroxylamine groups is 1. The number of amides is 1. The minimum absolute atomic E-state index is 0.298. The van der Waals surface area contributed by atoms with Crippen molar-refractivity contribution in [3.05, 3.63) is 29.1 Å². The van der Waals surface area contributed by atoms with Crippen LogP contribution in [0.15, 0.2) is 12.3 Å². The molecule has 1 fully saturated rings. The fourth-order valence-electron chi connectivity index (χ4n) is 3.55. The quantitative estimate of drug-likeness (QED) is 0.560. The van der Waals surface area contributed by atoms with Crippen molar-refractivity contribution in [3.63, 3.8) is 0 Å². The molecule has 3 N–H and O–H groups in total. The van der Waals surface area contributed by atoms with Gasteiger partial charge in [-0.15, -0.1) is 0 Å². The number of aliphatic hydroxyl groups is 1. The number of hydrogen-bond donors (Lipinski definition) is 3. The molecule has 0 aromatic carbocycles. The van der Waals surface area contributed by atoms with E-state index in [9.17, 15) is 4.79 Å². The van der Waals surface area contributed by atoms with Crippen molar-refractivity contribution in [1.29, 1.82) is 0 Å². The number of rotatable bonds is 5. The number of nitrogens with zero attached hydrogens (tertiary/aromatic N) is 2. The first kappa shape index (κ1) is 15.4. The maximum atomic E-state index is 11.4. The number of carbonyl (C=O) groups is 1. The van der Waals surface area contributed by atoms with Gasteiger partial charge in [0.05, 0.1) is 11.3 Å². The molecular formula is C16H23N3O3. The molecule has 1 aliphatic heterocycles. The Morgan fingerprint density at radius 2 is 2.27 bits per heavy atom. The van der Waals surface area contributed by atoms with Gasteiger partial charge < -0.3 is 5.11 Å². The lowest BCUT2D eigenvalue weighted by Gasteiger charge is -2.44. The van der Waals surface area contributed by atoms with Crippen molar-refractivity contribution >= 4 is 5.91 Å². The van der Waals surface area contributed by atoms with E-state index in [1.807, 2.05) is 6.07 Å². The average Bonchev–Trinajstić information content (AvgIpc) is 2.52. The molecule has 120 valence electrons. The summed E-state index contributed by atoms with van der Waals surface area (Å²) in [5, 5.41) is 17.6. The van der Waals surface area contributed by atoms with Crippen molar-refractivity contribution < 1.29 is 15.1 Å². The maximum absolute atomic E-state index is 11.4. The molecule has 1 amide bonds. The van der Waals surface area contributed by atoms with E-state index in [4.69, 9.17) is 10.3 Å². The van der Waals surface area contributed by atoms with Gasteiger partial charge in [-0.3, -0.25) is 19.9 Å². The molecule has 3 rings (SSSR count). The molecule has 1 saturated carbocycles. The molecule has 1 aromatic rings. The number of pyridine rings is 1. The maximum Gasteiger partial charge on any atom is 0.276 e. The Labute approximate surface area is 130 Å². The van der Waals surface area contributed by atoms with Gasteiger partial charge in [0, 0.05) is 31.9 Å². The molecule has 0 spiro atoms. The molecule has 6 nitrogen and oxygen atoms in total. The fraction of sp³-hybridized carbons (Fsp3) is 0.625. The highest BCUT2D eigenvalue weighted by Gasteiger charge is 2.34. The van der Waals surface area contributed by atoms with Crippen LogP contribution >= 0.6 is 0 Å². The van der Waals surface area contributed by atoms with Gasteiger partial charge in [-0.05, 0) is 49.7 Å². The first-order valence-electron chi connectivity index (χ1n) is 7.98. The zero-order valence-corrected chi connectivity index (χ0v) is 12.7. The lowest BCUT2D eigenvalue weighted by atomic mass is 9.76. The van der Waals surface area contributed by atoms with E-state index < -0.39 is 5.91 Å². The summed E-state index contributed by atoms with van der Waals surface area (Å²) in [5.41, 5.74) is 4.20. The van der Waals surface area contributed by atoms with Crippen molar-refractivity contribution in [3.8, 4) is 0 Å². The highest BCUT2D eigenvalue weighted by atomic mass is 16.5. The van der Waals surface area contributed by atoms with Crippen LogP contribution < -0.4 is 5.48 Å². The fourth-order valence-corrected chi connectivity index (χ4v) is 3.55. The Morgan fingerprint density at radius 1 is 1.45 bits per heavy atom. The summed E-state index contributed by atoms with van der Waals surface area (Å²) >= 11 is 0. The monoisotopic (exact) mass is 305 g/mol. The Hall–Kier alpha value is -1.50. The Kier molecular flexibility index (Phi) is 4.71. The second-order valence-corrected chi connectivity index (χ2v) is 6.35. The summed E-state index contributed by atoms with van der Waals surface area (Å²) in [5.74, 6) is 0.255. The van der Waals surface area contributed by atoms with E-state index in [1.165, 1.54) is 19.0 Å². The zero-order chi connectivity index (χ0) is 15.5. The number of fused-ring (bicyclic) bond motifs is 1. The second-order valence-electron chi connectivity index (χ2n) is 6.35. The van der Waals surface area contributed by atoms with Gasteiger partial charge in [-0.25, -0.2) is 5.48 Å².